The van der Waals surface area contributed by atoms with Crippen molar-refractivity contribution in [1.82, 2.24) is 9.78 Å². The van der Waals surface area contributed by atoms with Gasteiger partial charge < -0.3 is 4.74 Å². The highest BCUT2D eigenvalue weighted by Crippen LogP contribution is 2.19. The Kier molecular flexibility index (Phi) is 4.50. The minimum atomic E-state index is 0.0126. The minimum absolute atomic E-state index is 0.0126. The summed E-state index contributed by atoms with van der Waals surface area (Å²) in [6, 6.07) is 0. The van der Waals surface area contributed by atoms with Crippen molar-refractivity contribution in [2.24, 2.45) is 7.05 Å². The first-order valence-electron chi connectivity index (χ1n) is 5.23. The highest BCUT2D eigenvalue weighted by molar-refractivity contribution is 6.32. The van der Waals surface area contributed by atoms with E-state index in [9.17, 15) is 4.79 Å². The number of ketones is 1. The van der Waals surface area contributed by atoms with Crippen LogP contribution in [0.5, 0.6) is 0 Å². The second-order valence-corrected chi connectivity index (χ2v) is 4.42. The molecule has 1 heterocycles. The lowest BCUT2D eigenvalue weighted by Crippen LogP contribution is -2.16. The molecular formula is C11H17ClN2O2. The summed E-state index contributed by atoms with van der Waals surface area (Å²) in [5.41, 5.74) is 1.49. The molecule has 0 N–H and O–H groups in total. The number of halogens is 1. The van der Waals surface area contributed by atoms with Gasteiger partial charge in [0.05, 0.1) is 28.9 Å². The topological polar surface area (TPSA) is 44.1 Å². The second kappa shape index (κ2) is 5.46. The van der Waals surface area contributed by atoms with Gasteiger partial charge in [0, 0.05) is 7.05 Å². The van der Waals surface area contributed by atoms with Crippen molar-refractivity contribution in [1.29, 1.82) is 0 Å². The maximum absolute atomic E-state index is 11.6. The fourth-order valence-electron chi connectivity index (χ4n) is 1.37. The van der Waals surface area contributed by atoms with Crippen LogP contribution in [0, 0.1) is 6.92 Å². The number of carbonyl (C=O) groups is 1. The van der Waals surface area contributed by atoms with Gasteiger partial charge in [-0.3, -0.25) is 9.48 Å². The van der Waals surface area contributed by atoms with Gasteiger partial charge in [0.25, 0.3) is 0 Å². The Labute approximate surface area is 101 Å². The summed E-state index contributed by atoms with van der Waals surface area (Å²) < 4.78 is 6.88. The van der Waals surface area contributed by atoms with E-state index in [2.05, 4.69) is 5.10 Å². The van der Waals surface area contributed by atoms with Gasteiger partial charge in [0.2, 0.25) is 0 Å². The van der Waals surface area contributed by atoms with Crippen molar-refractivity contribution in [3.05, 3.63) is 16.4 Å². The number of ether oxygens (including phenoxy) is 1. The molecule has 0 atom stereocenters. The second-order valence-electron chi connectivity index (χ2n) is 4.04. The lowest BCUT2D eigenvalue weighted by Gasteiger charge is -2.06. The highest BCUT2D eigenvalue weighted by atomic mass is 35.5. The average molecular weight is 245 g/mol. The van der Waals surface area contributed by atoms with Crippen LogP contribution in [-0.2, 0) is 23.0 Å². The number of rotatable bonds is 5. The standard InChI is InChI=1S/C11H17ClN2O2/c1-7(2)16-6-9(15)5-10-11(12)8(3)13-14(10)4/h7H,5-6H2,1-4H3. The molecule has 16 heavy (non-hydrogen) atoms. The van der Waals surface area contributed by atoms with Gasteiger partial charge in [-0.25, -0.2) is 0 Å². The molecular weight excluding hydrogens is 228 g/mol. The van der Waals surface area contributed by atoms with Crippen LogP contribution in [-0.4, -0.2) is 28.3 Å². The van der Waals surface area contributed by atoms with Gasteiger partial charge in [0.15, 0.2) is 5.78 Å². The Morgan fingerprint density at radius 2 is 2.19 bits per heavy atom. The number of hydrogen-bond acceptors (Lipinski definition) is 3. The van der Waals surface area contributed by atoms with Crippen molar-refractivity contribution >= 4 is 17.4 Å². The summed E-state index contributed by atoms with van der Waals surface area (Å²) in [6.45, 7) is 5.74. The highest BCUT2D eigenvalue weighted by Gasteiger charge is 2.15. The zero-order valence-electron chi connectivity index (χ0n) is 10.1. The molecule has 0 aliphatic heterocycles. The Morgan fingerprint density at radius 1 is 1.56 bits per heavy atom. The van der Waals surface area contributed by atoms with Crippen LogP contribution in [0.1, 0.15) is 25.2 Å². The van der Waals surface area contributed by atoms with Crippen LogP contribution < -0.4 is 0 Å². The number of aryl methyl sites for hydroxylation is 2. The lowest BCUT2D eigenvalue weighted by atomic mass is 10.2. The Balaban J connectivity index is 2.63. The van der Waals surface area contributed by atoms with E-state index in [1.54, 1.807) is 11.7 Å². The van der Waals surface area contributed by atoms with E-state index in [0.717, 1.165) is 11.4 Å². The quantitative estimate of drug-likeness (QED) is 0.795. The summed E-state index contributed by atoms with van der Waals surface area (Å²) in [5.74, 6) is 0.0126. The molecule has 0 spiro atoms. The lowest BCUT2D eigenvalue weighted by molar-refractivity contribution is -0.124. The molecule has 0 saturated carbocycles. The van der Waals surface area contributed by atoms with Crippen LogP contribution in [0.25, 0.3) is 0 Å². The van der Waals surface area contributed by atoms with E-state index in [-0.39, 0.29) is 24.9 Å². The van der Waals surface area contributed by atoms with Crippen LogP contribution >= 0.6 is 11.6 Å². The molecule has 0 aliphatic carbocycles. The number of aromatic nitrogens is 2. The predicted octanol–water partition coefficient (Wildman–Crippen LogP) is 1.92. The molecule has 0 amide bonds. The maximum atomic E-state index is 11.6. The molecule has 0 unspecified atom stereocenters. The van der Waals surface area contributed by atoms with Gasteiger partial charge in [-0.1, -0.05) is 11.6 Å². The molecule has 0 radical (unpaired) electrons. The summed E-state index contributed by atoms with van der Waals surface area (Å²) in [7, 11) is 1.78. The fraction of sp³-hybridized carbons (Fsp3) is 0.636. The molecule has 90 valence electrons. The van der Waals surface area contributed by atoms with E-state index in [4.69, 9.17) is 16.3 Å². The fourth-order valence-corrected chi connectivity index (χ4v) is 1.60. The molecule has 5 heteroatoms. The zero-order chi connectivity index (χ0) is 12.3. The van der Waals surface area contributed by atoms with Gasteiger partial charge in [0.1, 0.15) is 6.61 Å². The van der Waals surface area contributed by atoms with E-state index in [0.29, 0.717) is 5.02 Å². The third-order valence-electron chi connectivity index (χ3n) is 2.20. The van der Waals surface area contributed by atoms with E-state index in [1.807, 2.05) is 20.8 Å². The van der Waals surface area contributed by atoms with Crippen molar-refractivity contribution in [3.8, 4) is 0 Å². The van der Waals surface area contributed by atoms with E-state index < -0.39 is 0 Å². The molecule has 1 rings (SSSR count). The molecule has 4 nitrogen and oxygen atoms in total. The smallest absolute Gasteiger partial charge is 0.164 e. The predicted molar refractivity (Wildman–Crippen MR) is 62.8 cm³/mol. The van der Waals surface area contributed by atoms with Gasteiger partial charge >= 0.3 is 0 Å². The number of Topliss-reactive ketones (excluding diaryl/α,β-unsaturated/α-hetero) is 1. The van der Waals surface area contributed by atoms with Crippen LogP contribution in [0.15, 0.2) is 0 Å². The molecule has 0 aromatic carbocycles. The van der Waals surface area contributed by atoms with E-state index in [1.165, 1.54) is 0 Å². The Bertz CT molecular complexity index is 386. The largest absolute Gasteiger partial charge is 0.371 e. The van der Waals surface area contributed by atoms with Crippen LogP contribution in [0.2, 0.25) is 5.02 Å². The number of carbonyl (C=O) groups excluding carboxylic acids is 1. The molecule has 0 saturated heterocycles. The molecule has 0 bridgehead atoms. The maximum Gasteiger partial charge on any atom is 0.164 e. The summed E-state index contributed by atoms with van der Waals surface area (Å²) in [6.07, 6.45) is 0.329. The van der Waals surface area contributed by atoms with Crippen molar-refractivity contribution < 1.29 is 9.53 Å². The summed E-state index contributed by atoms with van der Waals surface area (Å²) in [4.78, 5) is 11.6. The SMILES string of the molecule is Cc1nn(C)c(CC(=O)COC(C)C)c1Cl. The minimum Gasteiger partial charge on any atom is -0.371 e. The number of nitrogens with zero attached hydrogens (tertiary/aromatic N) is 2. The third-order valence-corrected chi connectivity index (χ3v) is 2.70. The first-order valence-corrected chi connectivity index (χ1v) is 5.61. The van der Waals surface area contributed by atoms with Gasteiger partial charge in [-0.2, -0.15) is 5.10 Å². The van der Waals surface area contributed by atoms with Crippen molar-refractivity contribution in [3.63, 3.8) is 0 Å². The van der Waals surface area contributed by atoms with Crippen molar-refractivity contribution in [2.45, 2.75) is 33.3 Å². The third kappa shape index (κ3) is 3.32. The zero-order valence-corrected chi connectivity index (χ0v) is 10.8. The molecule has 0 fully saturated rings. The van der Waals surface area contributed by atoms with Crippen molar-refractivity contribution in [2.75, 3.05) is 6.61 Å². The first kappa shape index (κ1) is 13.2. The van der Waals surface area contributed by atoms with Crippen LogP contribution in [0.3, 0.4) is 0 Å². The number of hydrogen-bond donors (Lipinski definition) is 0. The van der Waals surface area contributed by atoms with Gasteiger partial charge in [-0.15, -0.1) is 0 Å². The first-order chi connectivity index (χ1) is 7.41. The summed E-state index contributed by atoms with van der Waals surface area (Å²) in [5, 5.41) is 4.72. The Hall–Kier alpha value is -0.870. The normalized spacial score (nSPS) is 11.1. The van der Waals surface area contributed by atoms with Gasteiger partial charge in [-0.05, 0) is 20.8 Å². The average Bonchev–Trinajstić information content (AvgIpc) is 2.42. The van der Waals surface area contributed by atoms with E-state index >= 15 is 0 Å². The monoisotopic (exact) mass is 244 g/mol. The molecule has 1 aromatic rings. The van der Waals surface area contributed by atoms with Crippen LogP contribution in [0.4, 0.5) is 0 Å². The Morgan fingerprint density at radius 3 is 2.62 bits per heavy atom. The molecule has 0 aliphatic rings. The molecule has 1 aromatic heterocycles. The summed E-state index contributed by atoms with van der Waals surface area (Å²) >= 11 is 6.04.